The molecule has 1 atom stereocenters. The number of aromatic nitrogens is 1. The number of aryl methyl sites for hydroxylation is 1. The fourth-order valence-corrected chi connectivity index (χ4v) is 4.00. The summed E-state index contributed by atoms with van der Waals surface area (Å²) in [6.07, 6.45) is 2.07. The third kappa shape index (κ3) is 5.78. The van der Waals surface area contributed by atoms with E-state index in [4.69, 9.17) is 4.74 Å². The molecule has 2 aromatic rings. The monoisotopic (exact) mass is 435 g/mol. The zero-order valence-corrected chi connectivity index (χ0v) is 17.7. The van der Waals surface area contributed by atoms with E-state index in [1.54, 1.807) is 12.1 Å². The zero-order valence-electron chi connectivity index (χ0n) is 15.2. The van der Waals surface area contributed by atoms with Crippen LogP contribution in [0.3, 0.4) is 0 Å². The Morgan fingerprint density at radius 1 is 1.37 bits per heavy atom. The Bertz CT molecular complexity index is 743. The summed E-state index contributed by atoms with van der Waals surface area (Å²) in [7, 11) is 1.91. The first-order valence-corrected chi connectivity index (χ1v) is 9.20. The van der Waals surface area contributed by atoms with Gasteiger partial charge in [0.25, 0.3) is 5.91 Å². The first kappa shape index (κ1) is 23.6. The highest BCUT2D eigenvalue weighted by atomic mass is 35.5. The average Bonchev–Trinajstić information content (AvgIpc) is 3.21. The van der Waals surface area contributed by atoms with Gasteiger partial charge in [0.05, 0.1) is 5.69 Å². The van der Waals surface area contributed by atoms with Crippen LogP contribution < -0.4 is 10.1 Å². The van der Waals surface area contributed by atoms with Crippen LogP contribution in [0, 0.1) is 12.7 Å². The number of nitrogens with one attached hydrogen (secondary N) is 1. The molecular formula is C18H24Cl2FN3O2S. The van der Waals surface area contributed by atoms with Crippen LogP contribution >= 0.6 is 36.2 Å². The molecule has 1 aromatic carbocycles. The highest BCUT2D eigenvalue weighted by Crippen LogP contribution is 2.26. The third-order valence-corrected chi connectivity index (χ3v) is 5.41. The molecule has 1 aromatic heterocycles. The van der Waals surface area contributed by atoms with Gasteiger partial charge >= 0.3 is 0 Å². The molecule has 27 heavy (non-hydrogen) atoms. The number of hydrogen-bond acceptors (Lipinski definition) is 5. The van der Waals surface area contributed by atoms with Crippen molar-refractivity contribution >= 4 is 42.1 Å². The molecule has 1 aliphatic rings. The number of nitrogens with zero attached hydrogens (tertiary/aromatic N) is 2. The Hall–Kier alpha value is -1.41. The third-order valence-electron chi connectivity index (χ3n) is 4.29. The summed E-state index contributed by atoms with van der Waals surface area (Å²) in [6.45, 7) is 3.73. The van der Waals surface area contributed by atoms with Crippen LogP contribution in [0.25, 0.3) is 0 Å². The lowest BCUT2D eigenvalue weighted by atomic mass is 10.2. The summed E-state index contributed by atoms with van der Waals surface area (Å²) < 4.78 is 18.5. The van der Waals surface area contributed by atoms with E-state index in [2.05, 4.69) is 10.3 Å². The summed E-state index contributed by atoms with van der Waals surface area (Å²) in [5.74, 6) is 0.337. The Labute approximate surface area is 175 Å². The van der Waals surface area contributed by atoms with E-state index in [1.165, 1.54) is 23.5 Å². The molecule has 1 aliphatic heterocycles. The van der Waals surface area contributed by atoms with E-state index in [9.17, 15) is 9.18 Å². The lowest BCUT2D eigenvalue weighted by Crippen LogP contribution is -2.40. The SMILES string of the molecule is CNCC1CCCN1C(=O)c1sc(COc2ccc(F)cc2)nc1C.Cl.Cl. The fraction of sp³-hybridized carbons (Fsp3) is 0.444. The van der Waals surface area contributed by atoms with Gasteiger partial charge in [-0.15, -0.1) is 36.2 Å². The van der Waals surface area contributed by atoms with Crippen molar-refractivity contribution in [2.24, 2.45) is 0 Å². The molecule has 0 aliphatic carbocycles. The van der Waals surface area contributed by atoms with E-state index in [0.717, 1.165) is 36.6 Å². The molecule has 3 rings (SSSR count). The number of thiazole rings is 1. The Balaban J connectivity index is 0.00000182. The normalized spacial score (nSPS) is 15.8. The quantitative estimate of drug-likeness (QED) is 0.748. The summed E-state index contributed by atoms with van der Waals surface area (Å²) in [5.41, 5.74) is 0.739. The fourth-order valence-electron chi connectivity index (χ4n) is 3.07. The highest BCUT2D eigenvalue weighted by Gasteiger charge is 2.31. The molecule has 1 unspecified atom stereocenters. The molecule has 9 heteroatoms. The minimum atomic E-state index is -0.299. The average molecular weight is 436 g/mol. The van der Waals surface area contributed by atoms with Gasteiger partial charge in [-0.05, 0) is 51.1 Å². The van der Waals surface area contributed by atoms with Crippen molar-refractivity contribution in [3.63, 3.8) is 0 Å². The minimum absolute atomic E-state index is 0. The maximum Gasteiger partial charge on any atom is 0.266 e. The van der Waals surface area contributed by atoms with Crippen LogP contribution in [0.15, 0.2) is 24.3 Å². The van der Waals surface area contributed by atoms with Crippen LogP contribution in [-0.2, 0) is 6.61 Å². The lowest BCUT2D eigenvalue weighted by molar-refractivity contribution is 0.0741. The lowest BCUT2D eigenvalue weighted by Gasteiger charge is -2.24. The number of rotatable bonds is 6. The van der Waals surface area contributed by atoms with E-state index in [0.29, 0.717) is 10.6 Å². The Morgan fingerprint density at radius 2 is 2.07 bits per heavy atom. The van der Waals surface area contributed by atoms with Crippen molar-refractivity contribution in [2.75, 3.05) is 20.1 Å². The van der Waals surface area contributed by atoms with Gasteiger partial charge in [0, 0.05) is 19.1 Å². The predicted octanol–water partition coefficient (Wildman–Crippen LogP) is 3.84. The van der Waals surface area contributed by atoms with E-state index < -0.39 is 0 Å². The minimum Gasteiger partial charge on any atom is -0.486 e. The van der Waals surface area contributed by atoms with E-state index in [-0.39, 0.29) is 49.2 Å². The van der Waals surface area contributed by atoms with Crippen LogP contribution in [0.1, 0.15) is 33.2 Å². The maximum absolute atomic E-state index is 12.9. The first-order valence-electron chi connectivity index (χ1n) is 8.38. The molecular weight excluding hydrogens is 412 g/mol. The Kier molecular flexibility index (Phi) is 9.45. The topological polar surface area (TPSA) is 54.5 Å². The molecule has 150 valence electrons. The molecule has 1 fully saturated rings. The smallest absolute Gasteiger partial charge is 0.266 e. The molecule has 0 radical (unpaired) electrons. The molecule has 1 amide bonds. The number of amides is 1. The van der Waals surface area contributed by atoms with E-state index >= 15 is 0 Å². The number of benzene rings is 1. The molecule has 0 spiro atoms. The molecule has 0 saturated carbocycles. The van der Waals surface area contributed by atoms with Gasteiger partial charge in [-0.25, -0.2) is 9.37 Å². The van der Waals surface area contributed by atoms with Gasteiger partial charge in [0.15, 0.2) is 0 Å². The van der Waals surface area contributed by atoms with Crippen molar-refractivity contribution < 1.29 is 13.9 Å². The summed E-state index contributed by atoms with van der Waals surface area (Å²) >= 11 is 1.38. The number of carbonyl (C=O) groups excluding carboxylic acids is 1. The van der Waals surface area contributed by atoms with Crippen LogP contribution in [-0.4, -0.2) is 42.0 Å². The molecule has 1 saturated heterocycles. The number of likely N-dealkylation sites (N-methyl/N-ethyl adjacent to an activating group) is 1. The van der Waals surface area contributed by atoms with Crippen molar-refractivity contribution in [2.45, 2.75) is 32.4 Å². The van der Waals surface area contributed by atoms with Gasteiger partial charge in [0.1, 0.15) is 28.1 Å². The number of carbonyl (C=O) groups is 1. The first-order chi connectivity index (χ1) is 12.1. The standard InChI is InChI=1S/C18H22FN3O2S.2ClH/c1-12-17(18(23)22-9-3-4-14(22)10-20-2)25-16(21-12)11-24-15-7-5-13(19)6-8-15;;/h5-8,14,20H,3-4,9-11H2,1-2H3;2*1H. The van der Waals surface area contributed by atoms with Crippen molar-refractivity contribution in [1.82, 2.24) is 15.2 Å². The second kappa shape index (κ2) is 10.8. The van der Waals surface area contributed by atoms with Gasteiger partial charge in [0.2, 0.25) is 0 Å². The predicted molar refractivity (Wildman–Crippen MR) is 110 cm³/mol. The van der Waals surface area contributed by atoms with Crippen LogP contribution in [0.5, 0.6) is 5.75 Å². The van der Waals surface area contributed by atoms with Gasteiger partial charge in [-0.3, -0.25) is 4.79 Å². The number of likely N-dealkylation sites (tertiary alicyclic amines) is 1. The van der Waals surface area contributed by atoms with Gasteiger partial charge < -0.3 is 15.0 Å². The maximum atomic E-state index is 12.9. The molecule has 1 N–H and O–H groups in total. The van der Waals surface area contributed by atoms with Crippen LogP contribution in [0.4, 0.5) is 4.39 Å². The number of halogens is 3. The van der Waals surface area contributed by atoms with Crippen LogP contribution in [0.2, 0.25) is 0 Å². The second-order valence-electron chi connectivity index (χ2n) is 6.12. The summed E-state index contributed by atoms with van der Waals surface area (Å²) in [6, 6.07) is 6.11. The van der Waals surface area contributed by atoms with E-state index in [1.807, 2.05) is 18.9 Å². The van der Waals surface area contributed by atoms with Gasteiger partial charge in [-0.2, -0.15) is 0 Å². The summed E-state index contributed by atoms with van der Waals surface area (Å²) in [5, 5.41) is 3.90. The van der Waals surface area contributed by atoms with Crippen molar-refractivity contribution in [3.8, 4) is 5.75 Å². The molecule has 0 bridgehead atoms. The summed E-state index contributed by atoms with van der Waals surface area (Å²) in [4.78, 5) is 20.0. The highest BCUT2D eigenvalue weighted by molar-refractivity contribution is 7.13. The van der Waals surface area contributed by atoms with Gasteiger partial charge in [-0.1, -0.05) is 0 Å². The molecule has 5 nitrogen and oxygen atoms in total. The zero-order chi connectivity index (χ0) is 17.8. The number of ether oxygens (including phenoxy) is 1. The molecule has 2 heterocycles. The number of hydrogen-bond donors (Lipinski definition) is 1. The second-order valence-corrected chi connectivity index (χ2v) is 7.20. The Morgan fingerprint density at radius 3 is 2.74 bits per heavy atom. The van der Waals surface area contributed by atoms with Crippen molar-refractivity contribution in [1.29, 1.82) is 0 Å². The van der Waals surface area contributed by atoms with Crippen molar-refractivity contribution in [3.05, 3.63) is 45.7 Å². The largest absolute Gasteiger partial charge is 0.486 e.